The maximum atomic E-state index is 4.79. The second kappa shape index (κ2) is 9.00. The first kappa shape index (κ1) is 19.0. The SMILES string of the molecule is CC(C)CN1CCC[C@@H]1CN=C(N(C)C)N(C)C.I. The number of halogens is 1. The van der Waals surface area contributed by atoms with E-state index in [-0.39, 0.29) is 24.0 Å². The third-order valence-corrected chi connectivity index (χ3v) is 3.34. The molecule has 1 rings (SSSR count). The number of nitrogens with zero attached hydrogens (tertiary/aromatic N) is 4. The lowest BCUT2D eigenvalue weighted by Crippen LogP contribution is -2.38. The van der Waals surface area contributed by atoms with Crippen LogP contribution in [-0.4, -0.2) is 74.5 Å². The summed E-state index contributed by atoms with van der Waals surface area (Å²) in [6.45, 7) is 7.98. The summed E-state index contributed by atoms with van der Waals surface area (Å²) in [5, 5.41) is 0. The summed E-state index contributed by atoms with van der Waals surface area (Å²) in [5.41, 5.74) is 0. The van der Waals surface area contributed by atoms with Crippen LogP contribution in [0.4, 0.5) is 0 Å². The van der Waals surface area contributed by atoms with Gasteiger partial charge in [-0.25, -0.2) is 0 Å². The summed E-state index contributed by atoms with van der Waals surface area (Å²) in [6.07, 6.45) is 2.62. The molecule has 0 aliphatic carbocycles. The fourth-order valence-electron chi connectivity index (χ4n) is 2.68. The molecule has 0 aromatic carbocycles. The van der Waals surface area contributed by atoms with E-state index in [4.69, 9.17) is 4.99 Å². The van der Waals surface area contributed by atoms with Crippen molar-refractivity contribution in [1.29, 1.82) is 0 Å². The standard InChI is InChI=1S/C14H30N4.HI/c1-12(2)11-18-9-7-8-13(18)10-15-14(16(3)4)17(5)6;/h12-13H,7-11H2,1-6H3;1H/t13-;/m1./s1. The topological polar surface area (TPSA) is 22.1 Å². The van der Waals surface area contributed by atoms with Crippen LogP contribution in [0, 0.1) is 5.92 Å². The molecule has 1 aliphatic heterocycles. The van der Waals surface area contributed by atoms with Gasteiger partial charge in [-0.1, -0.05) is 13.8 Å². The minimum atomic E-state index is 0. The van der Waals surface area contributed by atoms with Crippen LogP contribution in [-0.2, 0) is 0 Å². The van der Waals surface area contributed by atoms with Gasteiger partial charge in [0.25, 0.3) is 0 Å². The van der Waals surface area contributed by atoms with Crippen LogP contribution in [0.1, 0.15) is 26.7 Å². The lowest BCUT2D eigenvalue weighted by molar-refractivity contribution is 0.230. The minimum Gasteiger partial charge on any atom is -0.349 e. The van der Waals surface area contributed by atoms with Gasteiger partial charge in [0, 0.05) is 40.8 Å². The number of likely N-dealkylation sites (tertiary alicyclic amines) is 1. The Morgan fingerprint density at radius 3 is 2.26 bits per heavy atom. The maximum Gasteiger partial charge on any atom is 0.195 e. The number of hydrogen-bond donors (Lipinski definition) is 0. The molecule has 1 saturated heterocycles. The lowest BCUT2D eigenvalue weighted by Gasteiger charge is -2.27. The van der Waals surface area contributed by atoms with Crippen molar-refractivity contribution in [2.24, 2.45) is 10.9 Å². The Kier molecular flexibility index (Phi) is 8.98. The van der Waals surface area contributed by atoms with E-state index in [1.54, 1.807) is 0 Å². The van der Waals surface area contributed by atoms with Crippen molar-refractivity contribution in [3.63, 3.8) is 0 Å². The molecule has 1 fully saturated rings. The smallest absolute Gasteiger partial charge is 0.195 e. The zero-order valence-electron chi connectivity index (χ0n) is 13.4. The van der Waals surface area contributed by atoms with E-state index < -0.39 is 0 Å². The zero-order chi connectivity index (χ0) is 13.7. The van der Waals surface area contributed by atoms with Gasteiger partial charge in [-0.15, -0.1) is 24.0 Å². The van der Waals surface area contributed by atoms with Gasteiger partial charge in [0.05, 0.1) is 6.54 Å². The van der Waals surface area contributed by atoms with E-state index in [1.807, 2.05) is 0 Å². The molecule has 0 aromatic rings. The molecule has 1 aliphatic rings. The Balaban J connectivity index is 0.00000324. The molecule has 5 heteroatoms. The number of hydrogen-bond acceptors (Lipinski definition) is 2. The number of rotatable bonds is 4. The van der Waals surface area contributed by atoms with Crippen molar-refractivity contribution < 1.29 is 0 Å². The van der Waals surface area contributed by atoms with Gasteiger partial charge in [-0.2, -0.15) is 0 Å². The van der Waals surface area contributed by atoms with Crippen molar-refractivity contribution in [3.8, 4) is 0 Å². The van der Waals surface area contributed by atoms with Gasteiger partial charge in [0.1, 0.15) is 0 Å². The molecule has 1 heterocycles. The summed E-state index contributed by atoms with van der Waals surface area (Å²) < 4.78 is 0. The molecule has 0 aromatic heterocycles. The molecule has 0 bridgehead atoms. The summed E-state index contributed by atoms with van der Waals surface area (Å²) in [7, 11) is 8.22. The first-order valence-corrected chi connectivity index (χ1v) is 7.05. The molecule has 0 spiro atoms. The Hall–Kier alpha value is -0.0400. The highest BCUT2D eigenvalue weighted by atomic mass is 127. The van der Waals surface area contributed by atoms with Crippen LogP contribution >= 0.6 is 24.0 Å². The molecule has 19 heavy (non-hydrogen) atoms. The summed E-state index contributed by atoms with van der Waals surface area (Å²) in [5.74, 6) is 1.81. The van der Waals surface area contributed by atoms with Gasteiger partial charge < -0.3 is 9.80 Å². The average Bonchev–Trinajstić information content (AvgIpc) is 2.64. The lowest BCUT2D eigenvalue weighted by atomic mass is 10.2. The predicted molar refractivity (Wildman–Crippen MR) is 94.5 cm³/mol. The van der Waals surface area contributed by atoms with Crippen LogP contribution in [0.25, 0.3) is 0 Å². The number of guanidine groups is 1. The predicted octanol–water partition coefficient (Wildman–Crippen LogP) is 2.20. The van der Waals surface area contributed by atoms with Gasteiger partial charge in [0.15, 0.2) is 5.96 Å². The van der Waals surface area contributed by atoms with E-state index in [2.05, 4.69) is 56.7 Å². The van der Waals surface area contributed by atoms with Gasteiger partial charge in [-0.3, -0.25) is 9.89 Å². The van der Waals surface area contributed by atoms with E-state index in [0.29, 0.717) is 6.04 Å². The second-order valence-corrected chi connectivity index (χ2v) is 6.11. The Bertz CT molecular complexity index is 267. The summed E-state index contributed by atoms with van der Waals surface area (Å²) in [4.78, 5) is 11.6. The van der Waals surface area contributed by atoms with Crippen molar-refractivity contribution in [3.05, 3.63) is 0 Å². The quantitative estimate of drug-likeness (QED) is 0.423. The maximum absolute atomic E-state index is 4.79. The normalized spacial score (nSPS) is 19.2. The number of aliphatic imine (C=N–C) groups is 1. The first-order valence-electron chi connectivity index (χ1n) is 7.05. The molecule has 0 unspecified atom stereocenters. The van der Waals surface area contributed by atoms with Crippen molar-refractivity contribution in [2.45, 2.75) is 32.7 Å². The van der Waals surface area contributed by atoms with E-state index in [1.165, 1.54) is 25.9 Å². The summed E-state index contributed by atoms with van der Waals surface area (Å²) >= 11 is 0. The molecular weight excluding hydrogens is 351 g/mol. The molecule has 1 atom stereocenters. The van der Waals surface area contributed by atoms with Gasteiger partial charge >= 0.3 is 0 Å². The van der Waals surface area contributed by atoms with E-state index in [9.17, 15) is 0 Å². The van der Waals surface area contributed by atoms with Crippen LogP contribution in [0.5, 0.6) is 0 Å². The Morgan fingerprint density at radius 1 is 1.21 bits per heavy atom. The third-order valence-electron chi connectivity index (χ3n) is 3.34. The Labute approximate surface area is 136 Å². The molecule has 4 nitrogen and oxygen atoms in total. The zero-order valence-corrected chi connectivity index (χ0v) is 15.7. The highest BCUT2D eigenvalue weighted by Crippen LogP contribution is 2.19. The largest absolute Gasteiger partial charge is 0.349 e. The van der Waals surface area contributed by atoms with Crippen LogP contribution in [0.3, 0.4) is 0 Å². The molecule has 0 radical (unpaired) electrons. The highest BCUT2D eigenvalue weighted by Gasteiger charge is 2.24. The Morgan fingerprint density at radius 2 is 1.79 bits per heavy atom. The minimum absolute atomic E-state index is 0. The van der Waals surface area contributed by atoms with Gasteiger partial charge in [0.2, 0.25) is 0 Å². The second-order valence-electron chi connectivity index (χ2n) is 6.11. The van der Waals surface area contributed by atoms with Crippen LogP contribution < -0.4 is 0 Å². The molecule has 114 valence electrons. The van der Waals surface area contributed by atoms with E-state index in [0.717, 1.165) is 18.4 Å². The monoisotopic (exact) mass is 382 g/mol. The van der Waals surface area contributed by atoms with Crippen LogP contribution in [0.15, 0.2) is 4.99 Å². The first-order chi connectivity index (χ1) is 8.41. The fraction of sp³-hybridized carbons (Fsp3) is 0.929. The van der Waals surface area contributed by atoms with E-state index >= 15 is 0 Å². The van der Waals surface area contributed by atoms with Crippen molar-refractivity contribution in [2.75, 3.05) is 47.8 Å². The third kappa shape index (κ3) is 6.29. The van der Waals surface area contributed by atoms with Gasteiger partial charge in [-0.05, 0) is 25.3 Å². The average molecular weight is 382 g/mol. The summed E-state index contributed by atoms with van der Waals surface area (Å²) in [6, 6.07) is 0.641. The van der Waals surface area contributed by atoms with Crippen molar-refractivity contribution in [1.82, 2.24) is 14.7 Å². The fourth-order valence-corrected chi connectivity index (χ4v) is 2.68. The molecule has 0 N–H and O–H groups in total. The molecule has 0 saturated carbocycles. The highest BCUT2D eigenvalue weighted by molar-refractivity contribution is 14.0. The van der Waals surface area contributed by atoms with Crippen LogP contribution in [0.2, 0.25) is 0 Å². The van der Waals surface area contributed by atoms with Crippen molar-refractivity contribution >= 4 is 29.9 Å². The molecular formula is C14H31IN4. The molecule has 0 amide bonds.